The summed E-state index contributed by atoms with van der Waals surface area (Å²) >= 11 is 6.19. The molecule has 2 aliphatic heterocycles. The van der Waals surface area contributed by atoms with Crippen molar-refractivity contribution in [2.75, 3.05) is 25.0 Å². The molecule has 2 aliphatic rings. The van der Waals surface area contributed by atoms with Crippen LogP contribution in [0.4, 0.5) is 5.82 Å². The van der Waals surface area contributed by atoms with E-state index >= 15 is 0 Å². The number of hydrogen-bond donors (Lipinski definition) is 3. The SMILES string of the molecule is CCCCCCC(=O)N1CCC(Nc2nc(Cl)nc3c2ncn3[C@@H]2O[C@H](CO)C[C@H]2O)C1. The second-order valence-corrected chi connectivity index (χ2v) is 8.92. The van der Waals surface area contributed by atoms with E-state index in [1.165, 1.54) is 6.33 Å². The molecule has 2 aromatic heterocycles. The average Bonchev–Trinajstić information content (AvgIpc) is 3.49. The Morgan fingerprint density at radius 3 is 2.94 bits per heavy atom. The van der Waals surface area contributed by atoms with Gasteiger partial charge in [-0.15, -0.1) is 0 Å². The molecule has 4 heterocycles. The number of halogens is 1. The summed E-state index contributed by atoms with van der Waals surface area (Å²) in [5.41, 5.74) is 0.957. The molecule has 176 valence electrons. The van der Waals surface area contributed by atoms with Gasteiger partial charge < -0.3 is 25.2 Å². The molecule has 1 amide bonds. The second-order valence-electron chi connectivity index (χ2n) is 8.58. The number of carbonyl (C=O) groups is 1. The summed E-state index contributed by atoms with van der Waals surface area (Å²) < 4.78 is 7.35. The number of aliphatic hydroxyl groups excluding tert-OH is 2. The average molecular weight is 467 g/mol. The summed E-state index contributed by atoms with van der Waals surface area (Å²) in [6.45, 7) is 3.31. The molecule has 10 nitrogen and oxygen atoms in total. The van der Waals surface area contributed by atoms with Gasteiger partial charge in [-0.1, -0.05) is 26.2 Å². The summed E-state index contributed by atoms with van der Waals surface area (Å²) in [7, 11) is 0. The molecule has 1 unspecified atom stereocenters. The molecule has 4 rings (SSSR count). The summed E-state index contributed by atoms with van der Waals surface area (Å²) in [6.07, 6.45) is 5.69. The summed E-state index contributed by atoms with van der Waals surface area (Å²) in [5, 5.41) is 23.1. The van der Waals surface area contributed by atoms with Crippen LogP contribution < -0.4 is 5.32 Å². The number of imidazole rings is 1. The molecule has 32 heavy (non-hydrogen) atoms. The lowest BCUT2D eigenvalue weighted by Crippen LogP contribution is -2.31. The Hall–Kier alpha value is -2.01. The molecule has 4 atom stereocenters. The number of aromatic nitrogens is 4. The molecular formula is C21H31ClN6O4. The van der Waals surface area contributed by atoms with Crippen LogP contribution in [0.3, 0.4) is 0 Å². The molecule has 2 aromatic rings. The highest BCUT2D eigenvalue weighted by molar-refractivity contribution is 6.28. The predicted octanol–water partition coefficient (Wildman–Crippen LogP) is 2.10. The molecule has 3 N–H and O–H groups in total. The van der Waals surface area contributed by atoms with Gasteiger partial charge in [-0.05, 0) is 24.4 Å². The van der Waals surface area contributed by atoms with Crippen LogP contribution in [0.5, 0.6) is 0 Å². The molecule has 2 saturated heterocycles. The third-order valence-corrected chi connectivity index (χ3v) is 6.33. The Morgan fingerprint density at radius 1 is 1.34 bits per heavy atom. The van der Waals surface area contributed by atoms with Crippen LogP contribution in [0, 0.1) is 0 Å². The molecule has 0 bridgehead atoms. The van der Waals surface area contributed by atoms with E-state index in [-0.39, 0.29) is 23.8 Å². The Labute approximate surface area is 191 Å². The number of amides is 1. The normalized spacial score (nSPS) is 25.7. The highest BCUT2D eigenvalue weighted by Crippen LogP contribution is 2.32. The van der Waals surface area contributed by atoms with Crippen LogP contribution in [0.25, 0.3) is 11.2 Å². The minimum atomic E-state index is -0.790. The van der Waals surface area contributed by atoms with Gasteiger partial charge >= 0.3 is 0 Å². The number of unbranched alkanes of at least 4 members (excludes halogenated alkanes) is 3. The third-order valence-electron chi connectivity index (χ3n) is 6.16. The van der Waals surface area contributed by atoms with Crippen LogP contribution in [0.2, 0.25) is 5.28 Å². The van der Waals surface area contributed by atoms with Gasteiger partial charge in [-0.3, -0.25) is 9.36 Å². The molecule has 0 radical (unpaired) electrons. The van der Waals surface area contributed by atoms with Crippen LogP contribution >= 0.6 is 11.6 Å². The van der Waals surface area contributed by atoms with Crippen molar-refractivity contribution in [3.05, 3.63) is 11.6 Å². The van der Waals surface area contributed by atoms with Crippen LogP contribution in [0.1, 0.15) is 58.1 Å². The number of carbonyl (C=O) groups excluding carboxylic acids is 1. The molecular weight excluding hydrogens is 436 g/mol. The molecule has 0 spiro atoms. The first kappa shape index (κ1) is 23.2. The van der Waals surface area contributed by atoms with E-state index in [0.29, 0.717) is 42.9 Å². The number of hydrogen-bond acceptors (Lipinski definition) is 8. The lowest BCUT2D eigenvalue weighted by molar-refractivity contribution is -0.130. The largest absolute Gasteiger partial charge is 0.394 e. The van der Waals surface area contributed by atoms with E-state index < -0.39 is 18.4 Å². The number of rotatable bonds is 9. The Morgan fingerprint density at radius 2 is 2.19 bits per heavy atom. The van der Waals surface area contributed by atoms with Gasteiger partial charge in [0.2, 0.25) is 11.2 Å². The number of anilines is 1. The number of fused-ring (bicyclic) bond motifs is 1. The maximum atomic E-state index is 12.5. The van der Waals surface area contributed by atoms with Gasteiger partial charge in [-0.2, -0.15) is 9.97 Å². The lowest BCUT2D eigenvalue weighted by atomic mass is 10.1. The van der Waals surface area contributed by atoms with Gasteiger partial charge in [0.15, 0.2) is 23.2 Å². The monoisotopic (exact) mass is 466 g/mol. The molecule has 0 saturated carbocycles. The number of nitrogens with zero attached hydrogens (tertiary/aromatic N) is 5. The lowest BCUT2D eigenvalue weighted by Gasteiger charge is -2.18. The highest BCUT2D eigenvalue weighted by Gasteiger charge is 2.36. The van der Waals surface area contributed by atoms with Crippen LogP contribution in [-0.4, -0.2) is 78.5 Å². The minimum Gasteiger partial charge on any atom is -0.394 e. The zero-order valence-electron chi connectivity index (χ0n) is 18.3. The van der Waals surface area contributed by atoms with Crippen molar-refractivity contribution >= 4 is 34.5 Å². The molecule has 2 fully saturated rings. The van der Waals surface area contributed by atoms with E-state index in [1.54, 1.807) is 4.57 Å². The van der Waals surface area contributed by atoms with E-state index in [0.717, 1.165) is 32.1 Å². The Kier molecular flexibility index (Phi) is 7.44. The summed E-state index contributed by atoms with van der Waals surface area (Å²) in [4.78, 5) is 27.4. The first-order valence-electron chi connectivity index (χ1n) is 11.4. The molecule has 0 aliphatic carbocycles. The van der Waals surface area contributed by atoms with Crippen molar-refractivity contribution in [3.63, 3.8) is 0 Å². The van der Waals surface area contributed by atoms with Crippen molar-refractivity contribution < 1.29 is 19.7 Å². The first-order valence-corrected chi connectivity index (χ1v) is 11.8. The second kappa shape index (κ2) is 10.3. The standard InChI is InChI=1S/C21H31ClN6O4/c1-2-3-4-5-6-16(31)27-8-7-13(10-27)24-18-17-19(26-21(22)25-18)28(12-23-17)20-15(30)9-14(11-29)32-20/h12-15,20,29-30H,2-11H2,1H3,(H,24,25,26)/t13?,14-,15+,20+/m0/s1. The fraction of sp³-hybridized carbons (Fsp3) is 0.714. The summed E-state index contributed by atoms with van der Waals surface area (Å²) in [6, 6.07) is 0.0426. The zero-order chi connectivity index (χ0) is 22.7. The minimum absolute atomic E-state index is 0.0426. The number of likely N-dealkylation sites (tertiary alicyclic amines) is 1. The van der Waals surface area contributed by atoms with Gasteiger partial charge in [0, 0.05) is 32.0 Å². The number of aliphatic hydroxyl groups is 2. The van der Waals surface area contributed by atoms with Crippen molar-refractivity contribution in [2.45, 2.75) is 76.3 Å². The maximum absolute atomic E-state index is 12.5. The Balaban J connectivity index is 1.44. The van der Waals surface area contributed by atoms with Crippen molar-refractivity contribution in [3.8, 4) is 0 Å². The smallest absolute Gasteiger partial charge is 0.226 e. The summed E-state index contributed by atoms with van der Waals surface area (Å²) in [5.74, 6) is 0.693. The highest BCUT2D eigenvalue weighted by atomic mass is 35.5. The predicted molar refractivity (Wildman–Crippen MR) is 119 cm³/mol. The van der Waals surface area contributed by atoms with Crippen molar-refractivity contribution in [1.29, 1.82) is 0 Å². The molecule has 0 aromatic carbocycles. The van der Waals surface area contributed by atoms with Crippen LogP contribution in [-0.2, 0) is 9.53 Å². The molecule has 11 heteroatoms. The fourth-order valence-electron chi connectivity index (χ4n) is 4.43. The first-order chi connectivity index (χ1) is 15.5. The Bertz CT molecular complexity index is 940. The van der Waals surface area contributed by atoms with E-state index in [1.807, 2.05) is 4.90 Å². The van der Waals surface area contributed by atoms with E-state index in [9.17, 15) is 15.0 Å². The third kappa shape index (κ3) is 4.98. The zero-order valence-corrected chi connectivity index (χ0v) is 19.0. The van der Waals surface area contributed by atoms with Gasteiger partial charge in [0.25, 0.3) is 0 Å². The van der Waals surface area contributed by atoms with Crippen molar-refractivity contribution in [2.24, 2.45) is 0 Å². The topological polar surface area (TPSA) is 126 Å². The fourth-order valence-corrected chi connectivity index (χ4v) is 4.60. The maximum Gasteiger partial charge on any atom is 0.226 e. The van der Waals surface area contributed by atoms with E-state index in [4.69, 9.17) is 16.3 Å². The van der Waals surface area contributed by atoms with Gasteiger partial charge in [-0.25, -0.2) is 4.98 Å². The van der Waals surface area contributed by atoms with E-state index in [2.05, 4.69) is 27.2 Å². The van der Waals surface area contributed by atoms with Gasteiger partial charge in [0.05, 0.1) is 19.0 Å². The number of ether oxygens (including phenoxy) is 1. The quantitative estimate of drug-likeness (QED) is 0.379. The number of nitrogens with one attached hydrogen (secondary N) is 1. The van der Waals surface area contributed by atoms with Crippen molar-refractivity contribution in [1.82, 2.24) is 24.4 Å². The van der Waals surface area contributed by atoms with Gasteiger partial charge in [0.1, 0.15) is 6.10 Å². The van der Waals surface area contributed by atoms with Crippen LogP contribution in [0.15, 0.2) is 6.33 Å².